The lowest BCUT2D eigenvalue weighted by atomic mass is 9.68. The first-order valence-corrected chi connectivity index (χ1v) is 11.3. The Labute approximate surface area is 207 Å². The molecular weight excluding hydrogens is 458 g/mol. The molecule has 0 aromatic heterocycles. The first-order valence-electron chi connectivity index (χ1n) is 11.3. The number of nitro benzene ring substituents is 1. The summed E-state index contributed by atoms with van der Waals surface area (Å²) >= 11 is 0. The third kappa shape index (κ3) is 3.28. The van der Waals surface area contributed by atoms with Crippen LogP contribution in [0.25, 0.3) is 6.08 Å². The number of nitrogens with zero attached hydrogens (tertiary/aromatic N) is 3. The largest absolute Gasteiger partial charge is 0.468 e. The van der Waals surface area contributed by atoms with Crippen LogP contribution in [-0.4, -0.2) is 35.9 Å². The first-order chi connectivity index (χ1) is 17.4. The van der Waals surface area contributed by atoms with Crippen LogP contribution in [0, 0.1) is 26.9 Å². The minimum absolute atomic E-state index is 0.125. The molecule has 3 aromatic rings. The molecular formula is C28H21N3O5. The molecule has 1 saturated heterocycles. The summed E-state index contributed by atoms with van der Waals surface area (Å²) in [6.45, 7) is 0. The van der Waals surface area contributed by atoms with Crippen LogP contribution in [0.5, 0.6) is 0 Å². The number of para-hydroxylation sites is 1. The number of fused-ring (bicyclic) bond motifs is 3. The molecule has 0 N–H and O–H groups in total. The fourth-order valence-corrected chi connectivity index (χ4v) is 5.51. The molecule has 8 nitrogen and oxygen atoms in total. The molecule has 0 radical (unpaired) electrons. The normalized spacial score (nSPS) is 23.8. The zero-order valence-corrected chi connectivity index (χ0v) is 19.3. The van der Waals surface area contributed by atoms with Gasteiger partial charge in [-0.2, -0.15) is 5.26 Å². The van der Waals surface area contributed by atoms with Crippen LogP contribution in [0.15, 0.2) is 84.9 Å². The summed E-state index contributed by atoms with van der Waals surface area (Å²) < 4.78 is 5.18. The zero-order valence-electron chi connectivity index (χ0n) is 19.3. The predicted octanol–water partition coefficient (Wildman–Crippen LogP) is 4.53. The van der Waals surface area contributed by atoms with E-state index in [9.17, 15) is 25.0 Å². The molecule has 0 amide bonds. The molecule has 2 aliphatic rings. The van der Waals surface area contributed by atoms with Gasteiger partial charge in [0.1, 0.15) is 6.04 Å². The number of hydrogen-bond acceptors (Lipinski definition) is 7. The number of ether oxygens (including phenoxy) is 1. The maximum absolute atomic E-state index is 14.2. The molecule has 2 heterocycles. The number of esters is 1. The van der Waals surface area contributed by atoms with Gasteiger partial charge in [-0.1, -0.05) is 72.8 Å². The Morgan fingerprint density at radius 3 is 2.47 bits per heavy atom. The van der Waals surface area contributed by atoms with Crippen molar-refractivity contribution < 1.29 is 19.2 Å². The molecule has 0 bridgehead atoms. The number of hydrogen-bond donors (Lipinski definition) is 0. The van der Waals surface area contributed by atoms with Gasteiger partial charge in [0.2, 0.25) is 0 Å². The summed E-state index contributed by atoms with van der Waals surface area (Å²) in [4.78, 5) is 40.4. The summed E-state index contributed by atoms with van der Waals surface area (Å²) in [7, 11) is 1.23. The maximum Gasteiger partial charge on any atom is 0.329 e. The summed E-state index contributed by atoms with van der Waals surface area (Å²) in [5, 5.41) is 22.0. The van der Waals surface area contributed by atoms with Gasteiger partial charge in [0, 0.05) is 29.3 Å². The molecule has 36 heavy (non-hydrogen) atoms. The van der Waals surface area contributed by atoms with E-state index in [1.165, 1.54) is 31.4 Å². The van der Waals surface area contributed by atoms with Gasteiger partial charge in [0.05, 0.1) is 24.1 Å². The predicted molar refractivity (Wildman–Crippen MR) is 132 cm³/mol. The van der Waals surface area contributed by atoms with Crippen molar-refractivity contribution in [2.24, 2.45) is 5.41 Å². The van der Waals surface area contributed by atoms with Crippen LogP contribution in [0.2, 0.25) is 0 Å². The van der Waals surface area contributed by atoms with Crippen molar-refractivity contribution in [1.29, 1.82) is 5.26 Å². The van der Waals surface area contributed by atoms with Gasteiger partial charge in [0.15, 0.2) is 11.2 Å². The third-order valence-corrected chi connectivity index (χ3v) is 7.02. The SMILES string of the molecule is COC(=O)C1(C#N)C(c2ccccc2)C(C(=O)c2cccc([N+](=O)[O-])c2)N2c3ccccc3C=CC21. The molecule has 0 aliphatic carbocycles. The first kappa shape index (κ1) is 23.0. The van der Waals surface area contributed by atoms with E-state index in [1.807, 2.05) is 36.4 Å². The second-order valence-electron chi connectivity index (χ2n) is 8.75. The Morgan fingerprint density at radius 1 is 1.06 bits per heavy atom. The third-order valence-electron chi connectivity index (χ3n) is 7.02. The van der Waals surface area contributed by atoms with Crippen LogP contribution in [-0.2, 0) is 9.53 Å². The van der Waals surface area contributed by atoms with Gasteiger partial charge >= 0.3 is 5.97 Å². The number of carbonyl (C=O) groups excluding carboxylic acids is 2. The van der Waals surface area contributed by atoms with E-state index in [-0.39, 0.29) is 11.3 Å². The second kappa shape index (κ2) is 8.78. The Morgan fingerprint density at radius 2 is 1.78 bits per heavy atom. The summed E-state index contributed by atoms with van der Waals surface area (Å²) in [5.41, 5.74) is 0.297. The quantitative estimate of drug-likeness (QED) is 0.229. The highest BCUT2D eigenvalue weighted by Gasteiger charge is 2.67. The number of anilines is 1. The van der Waals surface area contributed by atoms with E-state index < -0.39 is 40.1 Å². The molecule has 5 rings (SSSR count). The van der Waals surface area contributed by atoms with Crippen molar-refractivity contribution in [3.63, 3.8) is 0 Å². The molecule has 1 fully saturated rings. The minimum atomic E-state index is -1.75. The molecule has 0 spiro atoms. The number of rotatable bonds is 5. The van der Waals surface area contributed by atoms with Crippen molar-refractivity contribution in [3.05, 3.63) is 112 Å². The van der Waals surface area contributed by atoms with Gasteiger partial charge < -0.3 is 9.64 Å². The highest BCUT2D eigenvalue weighted by molar-refractivity contribution is 6.06. The van der Waals surface area contributed by atoms with Crippen LogP contribution in [0.4, 0.5) is 11.4 Å². The molecule has 4 atom stereocenters. The van der Waals surface area contributed by atoms with Crippen molar-refractivity contribution in [1.82, 2.24) is 0 Å². The Balaban J connectivity index is 1.80. The van der Waals surface area contributed by atoms with Crippen LogP contribution in [0.1, 0.15) is 27.4 Å². The number of Topliss-reactive ketones (excluding diaryl/α,β-unsaturated/α-hetero) is 1. The number of nitro groups is 1. The minimum Gasteiger partial charge on any atom is -0.468 e. The van der Waals surface area contributed by atoms with E-state index in [2.05, 4.69) is 6.07 Å². The Bertz CT molecular complexity index is 1440. The molecule has 3 aromatic carbocycles. The standard InChI is InChI=1S/C28H21N3O5/c1-36-27(33)28(17-29)23-15-14-18-8-5-6-13-22(18)30(23)25(24(28)19-9-3-2-4-10-19)26(32)20-11-7-12-21(16-20)31(34)35/h2-16,23-25H,1H3. The van der Waals surface area contributed by atoms with Crippen LogP contribution >= 0.6 is 0 Å². The molecule has 4 unspecified atom stereocenters. The van der Waals surface area contributed by atoms with Crippen molar-refractivity contribution >= 4 is 29.2 Å². The number of carbonyl (C=O) groups is 2. The number of nitriles is 1. The molecule has 178 valence electrons. The van der Waals surface area contributed by atoms with Gasteiger partial charge in [-0.05, 0) is 17.2 Å². The van der Waals surface area contributed by atoms with E-state index in [4.69, 9.17) is 4.74 Å². The lowest BCUT2D eigenvalue weighted by Crippen LogP contribution is -2.46. The molecule has 2 aliphatic heterocycles. The van der Waals surface area contributed by atoms with Crippen molar-refractivity contribution in [3.8, 4) is 6.07 Å². The number of ketones is 1. The van der Waals surface area contributed by atoms with Crippen molar-refractivity contribution in [2.75, 3.05) is 12.0 Å². The van der Waals surface area contributed by atoms with Gasteiger partial charge in [-0.3, -0.25) is 19.7 Å². The second-order valence-corrected chi connectivity index (χ2v) is 8.75. The monoisotopic (exact) mass is 479 g/mol. The fraction of sp³-hybridized carbons (Fsp3) is 0.179. The van der Waals surface area contributed by atoms with E-state index in [0.29, 0.717) is 11.3 Å². The van der Waals surface area contributed by atoms with Crippen molar-refractivity contribution in [2.45, 2.75) is 18.0 Å². The fourth-order valence-electron chi connectivity index (χ4n) is 5.51. The summed E-state index contributed by atoms with van der Waals surface area (Å²) in [6, 6.07) is 22.3. The van der Waals surface area contributed by atoms with Gasteiger partial charge in [-0.15, -0.1) is 0 Å². The smallest absolute Gasteiger partial charge is 0.329 e. The van der Waals surface area contributed by atoms with Gasteiger partial charge in [-0.25, -0.2) is 0 Å². The number of non-ortho nitro benzene ring substituents is 1. The average Bonchev–Trinajstić information content (AvgIpc) is 3.24. The Kier molecular flexibility index (Phi) is 5.61. The van der Waals surface area contributed by atoms with Gasteiger partial charge in [0.25, 0.3) is 5.69 Å². The van der Waals surface area contributed by atoms with E-state index >= 15 is 0 Å². The lowest BCUT2D eigenvalue weighted by molar-refractivity contribution is -0.384. The summed E-state index contributed by atoms with van der Waals surface area (Å²) in [6.07, 6.45) is 3.60. The highest BCUT2D eigenvalue weighted by atomic mass is 16.6. The average molecular weight is 479 g/mol. The van der Waals surface area contributed by atoms with E-state index in [0.717, 1.165) is 5.56 Å². The zero-order chi connectivity index (χ0) is 25.4. The van der Waals surface area contributed by atoms with Crippen LogP contribution < -0.4 is 4.90 Å². The molecule has 8 heteroatoms. The Hall–Kier alpha value is -4.77. The number of benzene rings is 3. The molecule has 0 saturated carbocycles. The topological polar surface area (TPSA) is 114 Å². The van der Waals surface area contributed by atoms with Crippen LogP contribution in [0.3, 0.4) is 0 Å². The lowest BCUT2D eigenvalue weighted by Gasteiger charge is -2.36. The highest BCUT2D eigenvalue weighted by Crippen LogP contribution is 2.56. The summed E-state index contributed by atoms with van der Waals surface area (Å²) in [5.74, 6) is -2.08. The number of methoxy groups -OCH3 is 1. The van der Waals surface area contributed by atoms with E-state index in [1.54, 1.807) is 35.2 Å². The maximum atomic E-state index is 14.2.